The molecule has 0 saturated carbocycles. The van der Waals surface area contributed by atoms with Crippen molar-refractivity contribution in [3.05, 3.63) is 58.4 Å². The Morgan fingerprint density at radius 2 is 1.89 bits per heavy atom. The van der Waals surface area contributed by atoms with Gasteiger partial charge in [0.2, 0.25) is 21.7 Å². The van der Waals surface area contributed by atoms with E-state index in [1.165, 1.54) is 18.2 Å². The first kappa shape index (κ1) is 19.6. The Morgan fingerprint density at radius 3 is 2.59 bits per heavy atom. The second-order valence-electron chi connectivity index (χ2n) is 5.37. The summed E-state index contributed by atoms with van der Waals surface area (Å²) in [5.74, 6) is 1.18. The third-order valence-corrected chi connectivity index (χ3v) is 5.61. The molecule has 1 aromatic heterocycles. The van der Waals surface area contributed by atoms with E-state index in [-0.39, 0.29) is 27.4 Å². The number of hydrogen-bond donors (Lipinski definition) is 1. The Bertz CT molecular complexity index is 1040. The molecule has 3 rings (SSSR count). The predicted molar refractivity (Wildman–Crippen MR) is 101 cm³/mol. The predicted octanol–water partition coefficient (Wildman–Crippen LogP) is 3.92. The highest BCUT2D eigenvalue weighted by atomic mass is 35.5. The molecule has 7 nitrogen and oxygen atoms in total. The number of hydrogen-bond acceptors (Lipinski definition) is 6. The van der Waals surface area contributed by atoms with Crippen molar-refractivity contribution in [1.29, 1.82) is 0 Å². The summed E-state index contributed by atoms with van der Waals surface area (Å²) in [4.78, 5) is 4.07. The molecule has 0 radical (unpaired) electrons. The van der Waals surface area contributed by atoms with Crippen LogP contribution in [0.2, 0.25) is 10.0 Å². The topological polar surface area (TPSA) is 94.3 Å². The number of benzene rings is 2. The molecule has 142 valence electrons. The molecule has 0 fully saturated rings. The molecule has 3 aromatic rings. The zero-order valence-corrected chi connectivity index (χ0v) is 16.5. The standard InChI is InChI=1S/C17H15Cl2N3O4S/c1-2-25-13-6-3-11(4-7-13)17-21-16(26-22-17)10-20-27(23,24)15-9-12(18)5-8-14(15)19/h3-9,20H,2,10H2,1H3. The van der Waals surface area contributed by atoms with Crippen molar-refractivity contribution in [2.24, 2.45) is 0 Å². The van der Waals surface area contributed by atoms with Crippen LogP contribution in [-0.4, -0.2) is 25.2 Å². The summed E-state index contributed by atoms with van der Waals surface area (Å²) in [5, 5.41) is 4.18. The average molecular weight is 428 g/mol. The molecule has 0 unspecified atom stereocenters. The molecule has 0 saturated heterocycles. The minimum absolute atomic E-state index is 0.0625. The fourth-order valence-electron chi connectivity index (χ4n) is 2.23. The normalized spacial score (nSPS) is 11.5. The van der Waals surface area contributed by atoms with Crippen molar-refractivity contribution in [2.75, 3.05) is 6.61 Å². The summed E-state index contributed by atoms with van der Waals surface area (Å²) in [6.07, 6.45) is 0. The highest BCUT2D eigenvalue weighted by molar-refractivity contribution is 7.89. The highest BCUT2D eigenvalue weighted by Crippen LogP contribution is 2.25. The van der Waals surface area contributed by atoms with E-state index in [2.05, 4.69) is 14.9 Å². The Kier molecular flexibility index (Phi) is 6.01. The van der Waals surface area contributed by atoms with Gasteiger partial charge in [0.1, 0.15) is 10.6 Å². The van der Waals surface area contributed by atoms with Gasteiger partial charge in [-0.2, -0.15) is 4.98 Å². The largest absolute Gasteiger partial charge is 0.494 e. The summed E-state index contributed by atoms with van der Waals surface area (Å²) in [5.41, 5.74) is 0.717. The minimum Gasteiger partial charge on any atom is -0.494 e. The van der Waals surface area contributed by atoms with Crippen molar-refractivity contribution in [1.82, 2.24) is 14.9 Å². The number of sulfonamides is 1. The number of rotatable bonds is 7. The first-order valence-corrected chi connectivity index (χ1v) is 10.1. The monoisotopic (exact) mass is 427 g/mol. The second-order valence-corrected chi connectivity index (χ2v) is 7.95. The maximum atomic E-state index is 12.4. The van der Waals surface area contributed by atoms with Gasteiger partial charge in [0, 0.05) is 10.6 Å². The van der Waals surface area contributed by atoms with Crippen LogP contribution in [-0.2, 0) is 16.6 Å². The SMILES string of the molecule is CCOc1ccc(-c2noc(CNS(=O)(=O)c3cc(Cl)ccc3Cl)n2)cc1. The van der Waals surface area contributed by atoms with Gasteiger partial charge in [-0.3, -0.25) is 0 Å². The van der Waals surface area contributed by atoms with E-state index in [0.717, 1.165) is 5.75 Å². The van der Waals surface area contributed by atoms with Crippen molar-refractivity contribution < 1.29 is 17.7 Å². The molecule has 10 heteroatoms. The molecule has 0 aliphatic rings. The van der Waals surface area contributed by atoms with Gasteiger partial charge >= 0.3 is 0 Å². The molecule has 27 heavy (non-hydrogen) atoms. The van der Waals surface area contributed by atoms with Crippen LogP contribution in [0.5, 0.6) is 5.75 Å². The Balaban J connectivity index is 1.71. The van der Waals surface area contributed by atoms with Crippen LogP contribution < -0.4 is 9.46 Å². The van der Waals surface area contributed by atoms with Gasteiger partial charge in [0.25, 0.3) is 0 Å². The van der Waals surface area contributed by atoms with Crippen molar-refractivity contribution >= 4 is 33.2 Å². The Labute approximate surface area is 166 Å². The average Bonchev–Trinajstić information content (AvgIpc) is 3.12. The lowest BCUT2D eigenvalue weighted by Gasteiger charge is -2.06. The summed E-state index contributed by atoms with van der Waals surface area (Å²) in [6.45, 7) is 2.29. The van der Waals surface area contributed by atoms with Gasteiger partial charge in [-0.1, -0.05) is 28.4 Å². The molecule has 1 N–H and O–H groups in total. The van der Waals surface area contributed by atoms with Crippen LogP contribution in [0.4, 0.5) is 0 Å². The molecule has 1 heterocycles. The molecule has 0 aliphatic carbocycles. The van der Waals surface area contributed by atoms with E-state index in [4.69, 9.17) is 32.5 Å². The van der Waals surface area contributed by atoms with E-state index in [1.807, 2.05) is 6.92 Å². The maximum absolute atomic E-state index is 12.4. The Hall–Kier alpha value is -2.13. The number of aromatic nitrogens is 2. The summed E-state index contributed by atoms with van der Waals surface area (Å²) in [7, 11) is -3.89. The third-order valence-electron chi connectivity index (χ3n) is 3.49. The van der Waals surface area contributed by atoms with Crippen molar-refractivity contribution in [3.63, 3.8) is 0 Å². The first-order valence-electron chi connectivity index (χ1n) is 7.89. The molecule has 2 aromatic carbocycles. The van der Waals surface area contributed by atoms with Gasteiger partial charge < -0.3 is 9.26 Å². The molecule has 0 amide bonds. The molecule has 0 atom stereocenters. The van der Waals surface area contributed by atoms with Crippen LogP contribution in [0.15, 0.2) is 51.9 Å². The van der Waals surface area contributed by atoms with Gasteiger partial charge in [-0.05, 0) is 49.4 Å². The maximum Gasteiger partial charge on any atom is 0.242 e. The molecule has 0 bridgehead atoms. The van der Waals surface area contributed by atoms with Crippen LogP contribution in [0.1, 0.15) is 12.8 Å². The smallest absolute Gasteiger partial charge is 0.242 e. The van der Waals surface area contributed by atoms with Crippen LogP contribution in [0, 0.1) is 0 Å². The van der Waals surface area contributed by atoms with E-state index in [0.29, 0.717) is 18.0 Å². The van der Waals surface area contributed by atoms with Crippen molar-refractivity contribution in [2.45, 2.75) is 18.4 Å². The number of halogens is 2. The third kappa shape index (κ3) is 4.78. The fraction of sp³-hybridized carbons (Fsp3) is 0.176. The Morgan fingerprint density at radius 1 is 1.15 bits per heavy atom. The van der Waals surface area contributed by atoms with E-state index in [1.54, 1.807) is 24.3 Å². The highest BCUT2D eigenvalue weighted by Gasteiger charge is 2.20. The van der Waals surface area contributed by atoms with E-state index in [9.17, 15) is 8.42 Å². The summed E-state index contributed by atoms with van der Waals surface area (Å²) < 4.78 is 37.6. The molecular formula is C17H15Cl2N3O4S. The minimum atomic E-state index is -3.89. The van der Waals surface area contributed by atoms with Gasteiger partial charge in [-0.15, -0.1) is 0 Å². The van der Waals surface area contributed by atoms with Gasteiger partial charge in [0.05, 0.1) is 18.2 Å². The van der Waals surface area contributed by atoms with Crippen molar-refractivity contribution in [3.8, 4) is 17.1 Å². The zero-order chi connectivity index (χ0) is 19.4. The first-order chi connectivity index (χ1) is 12.9. The number of ether oxygens (including phenoxy) is 1. The van der Waals surface area contributed by atoms with Gasteiger partial charge in [0.15, 0.2) is 0 Å². The second kappa shape index (κ2) is 8.26. The quantitative estimate of drug-likeness (QED) is 0.613. The van der Waals surface area contributed by atoms with E-state index < -0.39 is 10.0 Å². The summed E-state index contributed by atoms with van der Waals surface area (Å²) >= 11 is 11.8. The lowest BCUT2D eigenvalue weighted by atomic mass is 10.2. The number of nitrogens with zero attached hydrogens (tertiary/aromatic N) is 2. The van der Waals surface area contributed by atoms with Crippen LogP contribution in [0.3, 0.4) is 0 Å². The molecule has 0 aliphatic heterocycles. The lowest BCUT2D eigenvalue weighted by Crippen LogP contribution is -2.23. The van der Waals surface area contributed by atoms with Crippen LogP contribution >= 0.6 is 23.2 Å². The summed E-state index contributed by atoms with van der Waals surface area (Å²) in [6, 6.07) is 11.3. The fourth-order valence-corrected chi connectivity index (χ4v) is 3.96. The van der Waals surface area contributed by atoms with Gasteiger partial charge in [-0.25, -0.2) is 13.1 Å². The lowest BCUT2D eigenvalue weighted by molar-refractivity contribution is 0.340. The van der Waals surface area contributed by atoms with Crippen LogP contribution in [0.25, 0.3) is 11.4 Å². The number of nitrogens with one attached hydrogen (secondary N) is 1. The van der Waals surface area contributed by atoms with E-state index >= 15 is 0 Å². The zero-order valence-electron chi connectivity index (χ0n) is 14.1. The molecular weight excluding hydrogens is 413 g/mol. The molecule has 0 spiro atoms.